The van der Waals surface area contributed by atoms with Gasteiger partial charge in [-0.25, -0.2) is 0 Å². The summed E-state index contributed by atoms with van der Waals surface area (Å²) in [7, 11) is 2.24. The van der Waals surface area contributed by atoms with Gasteiger partial charge in [0.2, 0.25) is 0 Å². The van der Waals surface area contributed by atoms with Crippen LogP contribution in [0, 0.1) is 5.41 Å². The van der Waals surface area contributed by atoms with Gasteiger partial charge in [-0.15, -0.1) is 0 Å². The molecule has 1 aliphatic carbocycles. The third-order valence-corrected chi connectivity index (χ3v) is 5.56. The van der Waals surface area contributed by atoms with Crippen LogP contribution in [0.4, 0.5) is 0 Å². The summed E-state index contributed by atoms with van der Waals surface area (Å²) in [5.41, 5.74) is 6.89. The maximum absolute atomic E-state index is 6.28. The van der Waals surface area contributed by atoms with E-state index >= 15 is 0 Å². The second-order valence-electron chi connectivity index (χ2n) is 6.97. The van der Waals surface area contributed by atoms with Gasteiger partial charge in [0.1, 0.15) is 0 Å². The molecule has 18 heavy (non-hydrogen) atoms. The minimum atomic E-state index is 0.246. The molecule has 2 fully saturated rings. The second kappa shape index (κ2) is 5.48. The predicted octanol–water partition coefficient (Wildman–Crippen LogP) is 1.92. The largest absolute Gasteiger partial charge is 0.329 e. The fourth-order valence-electron chi connectivity index (χ4n) is 4.12. The third kappa shape index (κ3) is 2.45. The van der Waals surface area contributed by atoms with E-state index < -0.39 is 0 Å². The average Bonchev–Trinajstić information content (AvgIpc) is 2.54. The number of nitrogens with zero attached hydrogens (tertiary/aromatic N) is 2. The quantitative estimate of drug-likeness (QED) is 0.816. The summed E-state index contributed by atoms with van der Waals surface area (Å²) in [6.45, 7) is 10.5. The van der Waals surface area contributed by atoms with Crippen molar-refractivity contribution in [3.63, 3.8) is 0 Å². The van der Waals surface area contributed by atoms with Crippen LogP contribution in [0.25, 0.3) is 0 Å². The fourth-order valence-corrected chi connectivity index (χ4v) is 4.12. The molecule has 2 N–H and O–H groups in total. The van der Waals surface area contributed by atoms with Gasteiger partial charge in [0.05, 0.1) is 0 Å². The van der Waals surface area contributed by atoms with Gasteiger partial charge >= 0.3 is 0 Å². The van der Waals surface area contributed by atoms with Gasteiger partial charge in [-0.1, -0.05) is 26.7 Å². The molecule has 0 spiro atoms. The molecule has 0 aromatic heterocycles. The highest BCUT2D eigenvalue weighted by molar-refractivity contribution is 5.05. The van der Waals surface area contributed by atoms with Crippen molar-refractivity contribution in [3.8, 4) is 0 Å². The zero-order valence-corrected chi connectivity index (χ0v) is 12.5. The first-order valence-electron chi connectivity index (χ1n) is 7.65. The van der Waals surface area contributed by atoms with Crippen LogP contribution in [0.5, 0.6) is 0 Å². The van der Waals surface area contributed by atoms with Crippen LogP contribution in [-0.4, -0.2) is 55.1 Å². The molecule has 0 amide bonds. The summed E-state index contributed by atoms with van der Waals surface area (Å²) in [4.78, 5) is 5.19. The van der Waals surface area contributed by atoms with Crippen LogP contribution in [0.1, 0.15) is 46.0 Å². The molecule has 0 radical (unpaired) electrons. The van der Waals surface area contributed by atoms with Gasteiger partial charge in [0, 0.05) is 31.7 Å². The molecule has 0 bridgehead atoms. The molecule has 2 rings (SSSR count). The van der Waals surface area contributed by atoms with Gasteiger partial charge in [-0.3, -0.25) is 4.90 Å². The van der Waals surface area contributed by atoms with E-state index in [0.29, 0.717) is 5.41 Å². The van der Waals surface area contributed by atoms with Gasteiger partial charge in [0.25, 0.3) is 0 Å². The first-order chi connectivity index (χ1) is 8.52. The molecule has 3 nitrogen and oxygen atoms in total. The van der Waals surface area contributed by atoms with Crippen LogP contribution >= 0.6 is 0 Å². The Balaban J connectivity index is 2.19. The maximum atomic E-state index is 6.28. The lowest BCUT2D eigenvalue weighted by atomic mass is 9.62. The molecule has 1 heterocycles. The van der Waals surface area contributed by atoms with Gasteiger partial charge < -0.3 is 10.6 Å². The lowest BCUT2D eigenvalue weighted by Crippen LogP contribution is -2.64. The van der Waals surface area contributed by atoms with E-state index in [-0.39, 0.29) is 5.54 Å². The summed E-state index contributed by atoms with van der Waals surface area (Å²) in [6, 6.07) is 0. The smallest absolute Gasteiger partial charge is 0.0383 e. The molecule has 0 aromatic rings. The summed E-state index contributed by atoms with van der Waals surface area (Å²) >= 11 is 0. The Morgan fingerprint density at radius 3 is 2.33 bits per heavy atom. The summed E-state index contributed by atoms with van der Waals surface area (Å²) in [5.74, 6) is 0. The Hall–Kier alpha value is -0.120. The molecule has 1 unspecified atom stereocenters. The van der Waals surface area contributed by atoms with E-state index in [9.17, 15) is 0 Å². The van der Waals surface area contributed by atoms with Crippen LogP contribution in [0.15, 0.2) is 0 Å². The highest BCUT2D eigenvalue weighted by Gasteiger charge is 2.49. The van der Waals surface area contributed by atoms with Crippen molar-refractivity contribution in [1.82, 2.24) is 9.80 Å². The number of likely N-dealkylation sites (N-methyl/N-ethyl adjacent to an activating group) is 1. The topological polar surface area (TPSA) is 32.5 Å². The predicted molar refractivity (Wildman–Crippen MR) is 77.7 cm³/mol. The normalized spacial score (nSPS) is 35.3. The second-order valence-corrected chi connectivity index (χ2v) is 6.97. The standard InChI is InChI=1S/C15H31N3/c1-14(2)7-4-5-8-15(14,13-16)18-10-6-9-17(3)11-12-18/h4-13,16H2,1-3H3. The molecule has 106 valence electrons. The maximum Gasteiger partial charge on any atom is 0.0383 e. The van der Waals surface area contributed by atoms with E-state index in [1.54, 1.807) is 0 Å². The highest BCUT2D eigenvalue weighted by atomic mass is 15.3. The van der Waals surface area contributed by atoms with Crippen LogP contribution < -0.4 is 5.73 Å². The summed E-state index contributed by atoms with van der Waals surface area (Å²) in [5, 5.41) is 0. The summed E-state index contributed by atoms with van der Waals surface area (Å²) < 4.78 is 0. The highest BCUT2D eigenvalue weighted by Crippen LogP contribution is 2.47. The van der Waals surface area contributed by atoms with Crippen molar-refractivity contribution >= 4 is 0 Å². The molecular weight excluding hydrogens is 222 g/mol. The number of nitrogens with two attached hydrogens (primary N) is 1. The molecule has 1 saturated carbocycles. The number of hydrogen-bond acceptors (Lipinski definition) is 3. The van der Waals surface area contributed by atoms with Gasteiger partial charge in [-0.05, 0) is 38.3 Å². The molecule has 2 aliphatic rings. The number of rotatable bonds is 2. The van der Waals surface area contributed by atoms with Crippen LogP contribution in [0.2, 0.25) is 0 Å². The summed E-state index contributed by atoms with van der Waals surface area (Å²) in [6.07, 6.45) is 6.64. The van der Waals surface area contributed by atoms with E-state index in [1.165, 1.54) is 58.3 Å². The van der Waals surface area contributed by atoms with Crippen molar-refractivity contribution in [2.75, 3.05) is 39.8 Å². The zero-order valence-electron chi connectivity index (χ0n) is 12.5. The monoisotopic (exact) mass is 253 g/mol. The number of hydrogen-bond donors (Lipinski definition) is 1. The van der Waals surface area contributed by atoms with Crippen molar-refractivity contribution in [2.45, 2.75) is 51.5 Å². The molecule has 1 aliphatic heterocycles. The van der Waals surface area contributed by atoms with Gasteiger partial charge in [0.15, 0.2) is 0 Å². The Morgan fingerprint density at radius 2 is 1.67 bits per heavy atom. The molecule has 1 saturated heterocycles. The van der Waals surface area contributed by atoms with Crippen LogP contribution in [0.3, 0.4) is 0 Å². The van der Waals surface area contributed by atoms with Crippen molar-refractivity contribution in [2.24, 2.45) is 11.1 Å². The van der Waals surface area contributed by atoms with Crippen molar-refractivity contribution < 1.29 is 0 Å². The third-order valence-electron chi connectivity index (χ3n) is 5.56. The zero-order chi connectivity index (χ0) is 13.2. The average molecular weight is 253 g/mol. The van der Waals surface area contributed by atoms with E-state index in [2.05, 4.69) is 30.7 Å². The molecule has 1 atom stereocenters. The lowest BCUT2D eigenvalue weighted by molar-refractivity contribution is -0.0415. The first kappa shape index (κ1) is 14.3. The van der Waals surface area contributed by atoms with E-state index in [0.717, 1.165) is 6.54 Å². The molecule has 0 aromatic carbocycles. The minimum absolute atomic E-state index is 0.246. The SMILES string of the molecule is CN1CCCN(C2(CN)CCCCC2(C)C)CC1. The Morgan fingerprint density at radius 1 is 0.944 bits per heavy atom. The van der Waals surface area contributed by atoms with Crippen molar-refractivity contribution in [1.29, 1.82) is 0 Å². The van der Waals surface area contributed by atoms with E-state index in [4.69, 9.17) is 5.73 Å². The van der Waals surface area contributed by atoms with Gasteiger partial charge in [-0.2, -0.15) is 0 Å². The fraction of sp³-hybridized carbons (Fsp3) is 1.00. The molecule has 3 heteroatoms. The van der Waals surface area contributed by atoms with Crippen molar-refractivity contribution in [3.05, 3.63) is 0 Å². The minimum Gasteiger partial charge on any atom is -0.329 e. The lowest BCUT2D eigenvalue weighted by Gasteiger charge is -2.56. The van der Waals surface area contributed by atoms with Crippen LogP contribution in [-0.2, 0) is 0 Å². The molecular formula is C15H31N3. The first-order valence-corrected chi connectivity index (χ1v) is 7.65. The van der Waals surface area contributed by atoms with E-state index in [1.807, 2.05) is 0 Å². The Kier molecular flexibility index (Phi) is 4.35. The Bertz CT molecular complexity index is 277. The Labute approximate surface area is 113 Å².